The molecule has 1 heterocycles. The van der Waals surface area contributed by atoms with E-state index in [1.165, 1.54) is 7.11 Å². The monoisotopic (exact) mass is 323 g/mol. The van der Waals surface area contributed by atoms with Crippen LogP contribution in [0.25, 0.3) is 11.5 Å². The van der Waals surface area contributed by atoms with Crippen LogP contribution < -0.4 is 4.74 Å². The number of carbonyl (C=O) groups excluding carboxylic acids is 1. The van der Waals surface area contributed by atoms with Crippen molar-refractivity contribution in [1.29, 1.82) is 0 Å². The number of aryl methyl sites for hydroxylation is 1. The SMILES string of the molecule is COc1ccccc1C(=O)OCc1nc(-c2ccccc2)oc1C. The van der Waals surface area contributed by atoms with E-state index in [1.54, 1.807) is 31.2 Å². The van der Waals surface area contributed by atoms with Crippen molar-refractivity contribution in [2.24, 2.45) is 0 Å². The van der Waals surface area contributed by atoms with E-state index < -0.39 is 5.97 Å². The van der Waals surface area contributed by atoms with Gasteiger partial charge in [-0.1, -0.05) is 30.3 Å². The fourth-order valence-electron chi connectivity index (χ4n) is 2.29. The minimum absolute atomic E-state index is 0.0407. The lowest BCUT2D eigenvalue weighted by atomic mass is 10.2. The molecule has 0 spiro atoms. The molecule has 0 fully saturated rings. The number of aromatic nitrogens is 1. The van der Waals surface area contributed by atoms with Crippen molar-refractivity contribution in [1.82, 2.24) is 4.98 Å². The van der Waals surface area contributed by atoms with Crippen LogP contribution in [0.4, 0.5) is 0 Å². The first-order valence-electron chi connectivity index (χ1n) is 7.51. The Morgan fingerprint density at radius 2 is 1.79 bits per heavy atom. The number of para-hydroxylation sites is 1. The predicted octanol–water partition coefficient (Wildman–Crippen LogP) is 4.02. The van der Waals surface area contributed by atoms with Crippen molar-refractivity contribution in [2.75, 3.05) is 7.11 Å². The maximum absolute atomic E-state index is 12.2. The maximum Gasteiger partial charge on any atom is 0.342 e. The molecule has 0 aliphatic heterocycles. The van der Waals surface area contributed by atoms with Gasteiger partial charge in [-0.15, -0.1) is 0 Å². The summed E-state index contributed by atoms with van der Waals surface area (Å²) in [4.78, 5) is 16.6. The van der Waals surface area contributed by atoms with E-state index in [0.717, 1.165) is 5.56 Å². The summed E-state index contributed by atoms with van der Waals surface area (Å²) in [6.45, 7) is 1.84. The lowest BCUT2D eigenvalue weighted by Crippen LogP contribution is -2.07. The van der Waals surface area contributed by atoms with Crippen LogP contribution in [0.3, 0.4) is 0 Å². The highest BCUT2D eigenvalue weighted by Gasteiger charge is 2.16. The number of hydrogen-bond donors (Lipinski definition) is 0. The topological polar surface area (TPSA) is 61.6 Å². The van der Waals surface area contributed by atoms with Crippen LogP contribution in [0.5, 0.6) is 5.75 Å². The Labute approximate surface area is 139 Å². The molecule has 0 N–H and O–H groups in total. The average Bonchev–Trinajstić information content (AvgIpc) is 3.01. The second-order valence-electron chi connectivity index (χ2n) is 5.16. The molecule has 5 heteroatoms. The number of ether oxygens (including phenoxy) is 2. The Morgan fingerprint density at radius 1 is 1.08 bits per heavy atom. The Kier molecular flexibility index (Phi) is 4.61. The molecule has 5 nitrogen and oxygen atoms in total. The van der Waals surface area contributed by atoms with Crippen molar-refractivity contribution in [3.05, 3.63) is 71.6 Å². The number of hydrogen-bond acceptors (Lipinski definition) is 5. The molecule has 0 aliphatic rings. The second-order valence-corrected chi connectivity index (χ2v) is 5.16. The largest absolute Gasteiger partial charge is 0.496 e. The van der Waals surface area contributed by atoms with Crippen LogP contribution in [-0.2, 0) is 11.3 Å². The average molecular weight is 323 g/mol. The quantitative estimate of drug-likeness (QED) is 0.664. The molecule has 0 radical (unpaired) electrons. The number of nitrogens with zero attached hydrogens (tertiary/aromatic N) is 1. The van der Waals surface area contributed by atoms with E-state index in [4.69, 9.17) is 13.9 Å². The summed E-state index contributed by atoms with van der Waals surface area (Å²) in [6, 6.07) is 16.5. The van der Waals surface area contributed by atoms with Gasteiger partial charge in [0.2, 0.25) is 5.89 Å². The van der Waals surface area contributed by atoms with E-state index in [1.807, 2.05) is 30.3 Å². The molecule has 0 bridgehead atoms. The molecule has 2 aromatic carbocycles. The number of esters is 1. The van der Waals surface area contributed by atoms with Crippen LogP contribution in [0.2, 0.25) is 0 Å². The van der Waals surface area contributed by atoms with Crippen LogP contribution >= 0.6 is 0 Å². The minimum atomic E-state index is -0.462. The van der Waals surface area contributed by atoms with E-state index in [9.17, 15) is 4.79 Å². The van der Waals surface area contributed by atoms with Crippen LogP contribution in [0.1, 0.15) is 21.8 Å². The van der Waals surface area contributed by atoms with Crippen molar-refractivity contribution in [3.8, 4) is 17.2 Å². The molecular weight excluding hydrogens is 306 g/mol. The lowest BCUT2D eigenvalue weighted by molar-refractivity contribution is 0.0463. The first kappa shape index (κ1) is 15.8. The van der Waals surface area contributed by atoms with Gasteiger partial charge in [0.1, 0.15) is 29.4 Å². The van der Waals surface area contributed by atoms with E-state index >= 15 is 0 Å². The van der Waals surface area contributed by atoms with Crippen LogP contribution in [0.15, 0.2) is 59.0 Å². The van der Waals surface area contributed by atoms with Crippen molar-refractivity contribution in [3.63, 3.8) is 0 Å². The Morgan fingerprint density at radius 3 is 2.54 bits per heavy atom. The molecule has 3 aromatic rings. The van der Waals surface area contributed by atoms with Crippen molar-refractivity contribution >= 4 is 5.97 Å². The van der Waals surface area contributed by atoms with Gasteiger partial charge >= 0.3 is 5.97 Å². The van der Waals surface area contributed by atoms with Gasteiger partial charge in [0.25, 0.3) is 0 Å². The second kappa shape index (κ2) is 7.00. The Balaban J connectivity index is 1.73. The summed E-state index contributed by atoms with van der Waals surface area (Å²) >= 11 is 0. The van der Waals surface area contributed by atoms with E-state index in [-0.39, 0.29) is 6.61 Å². The summed E-state index contributed by atoms with van der Waals surface area (Å²) < 4.78 is 16.2. The summed E-state index contributed by atoms with van der Waals surface area (Å²) in [7, 11) is 1.51. The van der Waals surface area contributed by atoms with Crippen molar-refractivity contribution in [2.45, 2.75) is 13.5 Å². The third kappa shape index (κ3) is 3.30. The maximum atomic E-state index is 12.2. The lowest BCUT2D eigenvalue weighted by Gasteiger charge is -2.07. The molecule has 0 saturated carbocycles. The highest BCUT2D eigenvalue weighted by Crippen LogP contribution is 2.23. The smallest absolute Gasteiger partial charge is 0.342 e. The number of rotatable bonds is 5. The first-order chi connectivity index (χ1) is 11.7. The highest BCUT2D eigenvalue weighted by molar-refractivity contribution is 5.92. The van der Waals surface area contributed by atoms with Gasteiger partial charge in [-0.25, -0.2) is 9.78 Å². The zero-order valence-electron chi connectivity index (χ0n) is 13.5. The van der Waals surface area contributed by atoms with Gasteiger partial charge in [-0.2, -0.15) is 0 Å². The highest BCUT2D eigenvalue weighted by atomic mass is 16.5. The standard InChI is InChI=1S/C19H17NO4/c1-13-16(20-18(24-13)14-8-4-3-5-9-14)12-23-19(21)15-10-6-7-11-17(15)22-2/h3-11H,12H2,1-2H3. The zero-order chi connectivity index (χ0) is 16.9. The molecule has 24 heavy (non-hydrogen) atoms. The molecule has 122 valence electrons. The molecule has 1 aromatic heterocycles. The summed E-state index contributed by atoms with van der Waals surface area (Å²) in [5.74, 6) is 1.15. The normalized spacial score (nSPS) is 10.4. The van der Waals surface area contributed by atoms with E-state index in [0.29, 0.717) is 28.7 Å². The van der Waals surface area contributed by atoms with Gasteiger partial charge in [-0.05, 0) is 31.2 Å². The molecule has 0 amide bonds. The number of benzene rings is 2. The number of oxazole rings is 1. The Bertz CT molecular complexity index is 840. The first-order valence-corrected chi connectivity index (χ1v) is 7.51. The predicted molar refractivity (Wildman–Crippen MR) is 88.8 cm³/mol. The molecule has 3 rings (SSSR count). The van der Waals surface area contributed by atoms with Gasteiger partial charge < -0.3 is 13.9 Å². The van der Waals surface area contributed by atoms with Gasteiger partial charge in [0.05, 0.1) is 7.11 Å². The van der Waals surface area contributed by atoms with Gasteiger partial charge in [0.15, 0.2) is 0 Å². The molecule has 0 aliphatic carbocycles. The third-order valence-electron chi connectivity index (χ3n) is 3.58. The van der Waals surface area contributed by atoms with Gasteiger partial charge in [-0.3, -0.25) is 0 Å². The zero-order valence-corrected chi connectivity index (χ0v) is 13.5. The van der Waals surface area contributed by atoms with E-state index in [2.05, 4.69) is 4.98 Å². The van der Waals surface area contributed by atoms with Crippen LogP contribution in [-0.4, -0.2) is 18.1 Å². The summed E-state index contributed by atoms with van der Waals surface area (Å²) in [5, 5.41) is 0. The summed E-state index contributed by atoms with van der Waals surface area (Å²) in [6.07, 6.45) is 0. The van der Waals surface area contributed by atoms with Gasteiger partial charge in [0, 0.05) is 5.56 Å². The molecule has 0 unspecified atom stereocenters. The molecule has 0 atom stereocenters. The minimum Gasteiger partial charge on any atom is -0.496 e. The van der Waals surface area contributed by atoms with Crippen LogP contribution in [0, 0.1) is 6.92 Å². The number of carbonyl (C=O) groups is 1. The fourth-order valence-corrected chi connectivity index (χ4v) is 2.29. The molecular formula is C19H17NO4. The summed E-state index contributed by atoms with van der Waals surface area (Å²) in [5.41, 5.74) is 1.85. The fraction of sp³-hybridized carbons (Fsp3) is 0.158. The van der Waals surface area contributed by atoms with Crippen molar-refractivity contribution < 1.29 is 18.7 Å². The molecule has 0 saturated heterocycles. The number of methoxy groups -OCH3 is 1. The Hall–Kier alpha value is -3.08. The third-order valence-corrected chi connectivity index (χ3v) is 3.58.